The minimum atomic E-state index is -0.897. The molecular formula is C16H10F2N4. The van der Waals surface area contributed by atoms with Crippen molar-refractivity contribution in [1.82, 2.24) is 20.2 Å². The minimum absolute atomic E-state index is 0.498. The summed E-state index contributed by atoms with van der Waals surface area (Å²) in [4.78, 5) is 7.64. The van der Waals surface area contributed by atoms with Gasteiger partial charge in [0.25, 0.3) is 0 Å². The second-order valence-corrected chi connectivity index (χ2v) is 4.90. The molecule has 0 atom stereocenters. The fraction of sp³-hybridized carbons (Fsp3) is 0. The topological polar surface area (TPSA) is 57.4 Å². The Kier molecular flexibility index (Phi) is 2.75. The molecule has 0 amide bonds. The van der Waals surface area contributed by atoms with Crippen molar-refractivity contribution in [2.24, 2.45) is 0 Å². The van der Waals surface area contributed by atoms with Gasteiger partial charge in [-0.3, -0.25) is 5.10 Å². The van der Waals surface area contributed by atoms with Crippen molar-refractivity contribution in [3.63, 3.8) is 0 Å². The fourth-order valence-corrected chi connectivity index (χ4v) is 2.33. The first-order valence-corrected chi connectivity index (χ1v) is 6.67. The lowest BCUT2D eigenvalue weighted by Gasteiger charge is -1.96. The molecule has 0 fully saturated rings. The number of rotatable bonds is 2. The van der Waals surface area contributed by atoms with Gasteiger partial charge in [0.1, 0.15) is 5.69 Å². The number of fused-ring (bicyclic) bond motifs is 1. The van der Waals surface area contributed by atoms with Crippen molar-refractivity contribution >= 4 is 11.0 Å². The van der Waals surface area contributed by atoms with E-state index in [1.807, 2.05) is 24.3 Å². The molecule has 0 saturated heterocycles. The molecule has 4 rings (SSSR count). The van der Waals surface area contributed by atoms with Crippen LogP contribution >= 0.6 is 0 Å². The Bertz CT molecular complexity index is 938. The third-order valence-corrected chi connectivity index (χ3v) is 3.44. The molecule has 22 heavy (non-hydrogen) atoms. The normalized spacial score (nSPS) is 11.2. The van der Waals surface area contributed by atoms with E-state index in [0.29, 0.717) is 22.8 Å². The summed E-state index contributed by atoms with van der Waals surface area (Å²) in [5.74, 6) is -1.13. The number of hydrogen-bond donors (Lipinski definition) is 2. The lowest BCUT2D eigenvalue weighted by Crippen LogP contribution is -1.85. The first kappa shape index (κ1) is 12.7. The van der Waals surface area contributed by atoms with Crippen LogP contribution in [0.25, 0.3) is 33.8 Å². The van der Waals surface area contributed by atoms with Gasteiger partial charge in [-0.25, -0.2) is 13.8 Å². The van der Waals surface area contributed by atoms with Crippen LogP contribution in [0.4, 0.5) is 8.78 Å². The van der Waals surface area contributed by atoms with Crippen LogP contribution in [0, 0.1) is 11.6 Å². The molecule has 4 aromatic rings. The maximum Gasteiger partial charge on any atom is 0.159 e. The van der Waals surface area contributed by atoms with Gasteiger partial charge in [-0.2, -0.15) is 5.10 Å². The van der Waals surface area contributed by atoms with Gasteiger partial charge in [0, 0.05) is 5.56 Å². The van der Waals surface area contributed by atoms with E-state index in [4.69, 9.17) is 0 Å². The number of benzene rings is 2. The predicted molar refractivity (Wildman–Crippen MR) is 79.0 cm³/mol. The van der Waals surface area contributed by atoms with Gasteiger partial charge >= 0.3 is 0 Å². The Labute approximate surface area is 123 Å². The van der Waals surface area contributed by atoms with Gasteiger partial charge in [0.05, 0.1) is 16.7 Å². The zero-order chi connectivity index (χ0) is 15.1. The summed E-state index contributed by atoms with van der Waals surface area (Å²) in [6.07, 6.45) is 0. The largest absolute Gasteiger partial charge is 0.337 e. The number of aromatic amines is 2. The number of halogens is 2. The van der Waals surface area contributed by atoms with E-state index in [0.717, 1.165) is 23.2 Å². The molecule has 0 radical (unpaired) electrons. The molecule has 2 aromatic carbocycles. The molecule has 4 nitrogen and oxygen atoms in total. The monoisotopic (exact) mass is 296 g/mol. The van der Waals surface area contributed by atoms with E-state index in [1.54, 1.807) is 6.07 Å². The molecule has 0 unspecified atom stereocenters. The number of H-pyrrole nitrogens is 2. The minimum Gasteiger partial charge on any atom is -0.337 e. The summed E-state index contributed by atoms with van der Waals surface area (Å²) in [5.41, 5.74) is 3.46. The van der Waals surface area contributed by atoms with Crippen LogP contribution in [0.2, 0.25) is 0 Å². The molecule has 0 saturated carbocycles. The summed E-state index contributed by atoms with van der Waals surface area (Å²) >= 11 is 0. The molecule has 2 heterocycles. The Morgan fingerprint density at radius 2 is 1.77 bits per heavy atom. The number of para-hydroxylation sites is 2. The standard InChI is InChI=1S/C16H10F2N4/c17-10-6-5-9(7-11(10)18)14-8-15(22-21-14)16-19-12-3-1-2-4-13(12)20-16/h1-8H,(H,19,20)(H,21,22). The van der Waals surface area contributed by atoms with E-state index in [-0.39, 0.29) is 0 Å². The average molecular weight is 296 g/mol. The molecule has 6 heteroatoms. The smallest absolute Gasteiger partial charge is 0.159 e. The first-order valence-electron chi connectivity index (χ1n) is 6.67. The molecule has 0 aliphatic carbocycles. The van der Waals surface area contributed by atoms with Gasteiger partial charge in [-0.1, -0.05) is 12.1 Å². The Morgan fingerprint density at radius 3 is 2.59 bits per heavy atom. The van der Waals surface area contributed by atoms with Gasteiger partial charge in [-0.05, 0) is 36.4 Å². The van der Waals surface area contributed by atoms with Crippen molar-refractivity contribution in [3.8, 4) is 22.8 Å². The molecule has 0 spiro atoms. The highest BCUT2D eigenvalue weighted by Crippen LogP contribution is 2.25. The van der Waals surface area contributed by atoms with E-state index in [1.165, 1.54) is 6.07 Å². The summed E-state index contributed by atoms with van der Waals surface area (Å²) in [6.45, 7) is 0. The van der Waals surface area contributed by atoms with E-state index in [2.05, 4.69) is 20.2 Å². The van der Waals surface area contributed by atoms with Crippen LogP contribution in [0.1, 0.15) is 0 Å². The van der Waals surface area contributed by atoms with Gasteiger partial charge in [0.2, 0.25) is 0 Å². The molecule has 0 aliphatic heterocycles. The molecule has 0 aliphatic rings. The molecular weight excluding hydrogens is 286 g/mol. The summed E-state index contributed by atoms with van der Waals surface area (Å²) < 4.78 is 26.3. The van der Waals surface area contributed by atoms with Gasteiger partial charge in [0.15, 0.2) is 17.5 Å². The summed E-state index contributed by atoms with van der Waals surface area (Å²) in [6, 6.07) is 13.1. The van der Waals surface area contributed by atoms with Crippen molar-refractivity contribution in [3.05, 3.63) is 60.2 Å². The van der Waals surface area contributed by atoms with Crippen molar-refractivity contribution < 1.29 is 8.78 Å². The summed E-state index contributed by atoms with van der Waals surface area (Å²) in [5, 5.41) is 6.99. The predicted octanol–water partition coefficient (Wildman–Crippen LogP) is 3.90. The maximum absolute atomic E-state index is 13.3. The van der Waals surface area contributed by atoms with Crippen LogP contribution in [0.3, 0.4) is 0 Å². The third kappa shape index (κ3) is 2.05. The quantitative estimate of drug-likeness (QED) is 0.589. The second-order valence-electron chi connectivity index (χ2n) is 4.90. The SMILES string of the molecule is Fc1ccc(-c2cc(-c3nc4ccccc4[nH]3)[nH]n2)cc1F. The third-order valence-electron chi connectivity index (χ3n) is 3.44. The highest BCUT2D eigenvalue weighted by molar-refractivity contribution is 5.79. The molecule has 2 N–H and O–H groups in total. The Hall–Kier alpha value is -3.02. The van der Waals surface area contributed by atoms with Crippen LogP contribution in [0.5, 0.6) is 0 Å². The van der Waals surface area contributed by atoms with Crippen LogP contribution in [0.15, 0.2) is 48.5 Å². The van der Waals surface area contributed by atoms with Gasteiger partial charge in [-0.15, -0.1) is 0 Å². The van der Waals surface area contributed by atoms with Crippen molar-refractivity contribution in [2.45, 2.75) is 0 Å². The Balaban J connectivity index is 1.75. The zero-order valence-corrected chi connectivity index (χ0v) is 11.3. The highest BCUT2D eigenvalue weighted by atomic mass is 19.2. The number of hydrogen-bond acceptors (Lipinski definition) is 2. The van der Waals surface area contributed by atoms with E-state index in [9.17, 15) is 8.78 Å². The van der Waals surface area contributed by atoms with E-state index >= 15 is 0 Å². The van der Waals surface area contributed by atoms with Crippen molar-refractivity contribution in [2.75, 3.05) is 0 Å². The lowest BCUT2D eigenvalue weighted by atomic mass is 10.1. The number of nitrogens with one attached hydrogen (secondary N) is 2. The van der Waals surface area contributed by atoms with E-state index < -0.39 is 11.6 Å². The Morgan fingerprint density at radius 1 is 0.909 bits per heavy atom. The molecule has 0 bridgehead atoms. The molecule has 108 valence electrons. The number of imidazole rings is 1. The second kappa shape index (κ2) is 4.77. The maximum atomic E-state index is 13.3. The van der Waals surface area contributed by atoms with Crippen LogP contribution in [-0.4, -0.2) is 20.2 Å². The molecule has 2 aromatic heterocycles. The fourth-order valence-electron chi connectivity index (χ4n) is 2.33. The van der Waals surface area contributed by atoms with Crippen LogP contribution < -0.4 is 0 Å². The highest BCUT2D eigenvalue weighted by Gasteiger charge is 2.11. The van der Waals surface area contributed by atoms with Crippen LogP contribution in [-0.2, 0) is 0 Å². The summed E-state index contributed by atoms with van der Waals surface area (Å²) in [7, 11) is 0. The number of nitrogens with zero attached hydrogens (tertiary/aromatic N) is 2. The zero-order valence-electron chi connectivity index (χ0n) is 11.3. The van der Waals surface area contributed by atoms with Crippen molar-refractivity contribution in [1.29, 1.82) is 0 Å². The first-order chi connectivity index (χ1) is 10.7. The average Bonchev–Trinajstić information content (AvgIpc) is 3.15. The van der Waals surface area contributed by atoms with Gasteiger partial charge < -0.3 is 4.98 Å². The number of aromatic nitrogens is 4. The lowest BCUT2D eigenvalue weighted by molar-refractivity contribution is 0.509.